The Balaban J connectivity index is 1.74. The number of piperidine rings is 1. The van der Waals surface area contributed by atoms with Crippen LogP contribution >= 0.6 is 0 Å². The summed E-state index contributed by atoms with van der Waals surface area (Å²) in [5, 5.41) is 0. The zero-order chi connectivity index (χ0) is 19.7. The molecular formula is C19H30N2O4S2. The van der Waals surface area contributed by atoms with E-state index in [2.05, 4.69) is 18.6 Å². The Morgan fingerprint density at radius 3 is 2.00 bits per heavy atom. The van der Waals surface area contributed by atoms with Gasteiger partial charge in [-0.2, -0.15) is 4.31 Å². The molecule has 1 saturated heterocycles. The van der Waals surface area contributed by atoms with E-state index in [0.717, 1.165) is 38.5 Å². The predicted molar refractivity (Wildman–Crippen MR) is 105 cm³/mol. The molecule has 1 aromatic carbocycles. The van der Waals surface area contributed by atoms with Crippen LogP contribution in [0.3, 0.4) is 0 Å². The zero-order valence-electron chi connectivity index (χ0n) is 16.1. The van der Waals surface area contributed by atoms with Crippen molar-refractivity contribution < 1.29 is 16.8 Å². The largest absolute Gasteiger partial charge is 0.243 e. The number of nitrogens with zero attached hydrogens (tertiary/aromatic N) is 1. The second-order valence-corrected chi connectivity index (χ2v) is 11.7. The molecule has 1 aliphatic carbocycles. The summed E-state index contributed by atoms with van der Waals surface area (Å²) < 4.78 is 55.2. The maximum atomic E-state index is 12.8. The van der Waals surface area contributed by atoms with Crippen LogP contribution in [0.2, 0.25) is 0 Å². The summed E-state index contributed by atoms with van der Waals surface area (Å²) in [5.41, 5.74) is 0. The highest BCUT2D eigenvalue weighted by molar-refractivity contribution is 7.89. The molecule has 152 valence electrons. The minimum Gasteiger partial charge on any atom is -0.208 e. The Morgan fingerprint density at radius 1 is 0.852 bits per heavy atom. The minimum atomic E-state index is -3.65. The molecule has 0 aromatic heterocycles. The van der Waals surface area contributed by atoms with E-state index in [1.807, 2.05) is 0 Å². The lowest BCUT2D eigenvalue weighted by Crippen LogP contribution is -2.41. The Bertz CT molecular complexity index is 842. The molecule has 0 bridgehead atoms. The van der Waals surface area contributed by atoms with Gasteiger partial charge in [-0.1, -0.05) is 26.7 Å². The number of sulfonamides is 2. The first kappa shape index (κ1) is 20.8. The lowest BCUT2D eigenvalue weighted by atomic mass is 9.87. The number of rotatable bonds is 5. The standard InChI is InChI=1S/C19H30N2O4S2/c1-15-11-13-21(14-12-15)27(24,25)18-9-7-17(8-10-18)26(22,23)20-19-6-4-3-5-16(19)2/h7-10,15-16,19-20H,3-6,11-14H2,1-2H3/t16-,19-/m0/s1. The molecule has 1 aromatic rings. The van der Waals surface area contributed by atoms with Gasteiger partial charge in [0.2, 0.25) is 20.0 Å². The highest BCUT2D eigenvalue weighted by atomic mass is 32.2. The smallest absolute Gasteiger partial charge is 0.208 e. The highest BCUT2D eigenvalue weighted by Gasteiger charge is 2.30. The maximum absolute atomic E-state index is 12.8. The van der Waals surface area contributed by atoms with Gasteiger partial charge in [-0.25, -0.2) is 21.6 Å². The van der Waals surface area contributed by atoms with Gasteiger partial charge in [0.15, 0.2) is 0 Å². The third-order valence-electron chi connectivity index (χ3n) is 5.93. The van der Waals surface area contributed by atoms with Gasteiger partial charge in [-0.3, -0.25) is 0 Å². The van der Waals surface area contributed by atoms with Crippen molar-refractivity contribution in [2.45, 2.75) is 68.2 Å². The van der Waals surface area contributed by atoms with E-state index in [1.54, 1.807) is 0 Å². The van der Waals surface area contributed by atoms with Gasteiger partial charge in [0.05, 0.1) is 9.79 Å². The molecule has 0 amide bonds. The van der Waals surface area contributed by atoms with E-state index in [-0.39, 0.29) is 15.8 Å². The SMILES string of the molecule is CC1CCN(S(=O)(=O)c2ccc(S(=O)(=O)N[C@H]3CCCC[C@@H]3C)cc2)CC1. The van der Waals surface area contributed by atoms with Gasteiger partial charge in [-0.15, -0.1) is 0 Å². The monoisotopic (exact) mass is 414 g/mol. The van der Waals surface area contributed by atoms with Crippen molar-refractivity contribution in [1.29, 1.82) is 0 Å². The molecule has 1 aliphatic heterocycles. The second kappa shape index (κ2) is 8.19. The minimum absolute atomic E-state index is 0.0532. The van der Waals surface area contributed by atoms with E-state index in [0.29, 0.717) is 24.9 Å². The van der Waals surface area contributed by atoms with Gasteiger partial charge >= 0.3 is 0 Å². The molecule has 2 atom stereocenters. The van der Waals surface area contributed by atoms with Gasteiger partial charge in [-0.05, 0) is 61.8 Å². The average Bonchev–Trinajstić information content (AvgIpc) is 2.64. The van der Waals surface area contributed by atoms with Crippen molar-refractivity contribution in [3.05, 3.63) is 24.3 Å². The third kappa shape index (κ3) is 4.72. The van der Waals surface area contributed by atoms with Crippen molar-refractivity contribution in [2.75, 3.05) is 13.1 Å². The number of hydrogen-bond donors (Lipinski definition) is 1. The second-order valence-electron chi connectivity index (χ2n) is 8.05. The zero-order valence-corrected chi connectivity index (χ0v) is 17.7. The van der Waals surface area contributed by atoms with Gasteiger partial charge in [0.25, 0.3) is 0 Å². The van der Waals surface area contributed by atoms with Gasteiger partial charge in [0, 0.05) is 19.1 Å². The van der Waals surface area contributed by atoms with Crippen LogP contribution < -0.4 is 4.72 Å². The molecule has 1 saturated carbocycles. The topological polar surface area (TPSA) is 83.6 Å². The molecule has 2 fully saturated rings. The van der Waals surface area contributed by atoms with Crippen LogP contribution in [0.5, 0.6) is 0 Å². The molecule has 8 heteroatoms. The fourth-order valence-electron chi connectivity index (χ4n) is 3.92. The van der Waals surface area contributed by atoms with Crippen molar-refractivity contribution >= 4 is 20.0 Å². The number of hydrogen-bond acceptors (Lipinski definition) is 4. The molecule has 0 unspecified atom stereocenters. The molecule has 2 aliphatic rings. The number of benzene rings is 1. The summed E-state index contributed by atoms with van der Waals surface area (Å²) in [6, 6.07) is 5.56. The first-order valence-electron chi connectivity index (χ1n) is 9.83. The van der Waals surface area contributed by atoms with Crippen molar-refractivity contribution in [1.82, 2.24) is 9.03 Å². The van der Waals surface area contributed by atoms with E-state index in [4.69, 9.17) is 0 Å². The van der Waals surface area contributed by atoms with Crippen LogP contribution in [-0.2, 0) is 20.0 Å². The van der Waals surface area contributed by atoms with Gasteiger partial charge < -0.3 is 0 Å². The first-order chi connectivity index (χ1) is 12.7. The molecular weight excluding hydrogens is 384 g/mol. The molecule has 0 spiro atoms. The van der Waals surface area contributed by atoms with Crippen LogP contribution in [0, 0.1) is 11.8 Å². The molecule has 0 radical (unpaired) electrons. The van der Waals surface area contributed by atoms with Crippen LogP contribution in [0.1, 0.15) is 52.4 Å². The summed E-state index contributed by atoms with van der Waals surface area (Å²) in [5.74, 6) is 0.854. The van der Waals surface area contributed by atoms with E-state index >= 15 is 0 Å². The van der Waals surface area contributed by atoms with Crippen LogP contribution in [0.4, 0.5) is 0 Å². The summed E-state index contributed by atoms with van der Waals surface area (Å²) in [6.45, 7) is 5.24. The number of nitrogens with one attached hydrogen (secondary N) is 1. The molecule has 1 heterocycles. The van der Waals surface area contributed by atoms with E-state index in [1.165, 1.54) is 28.6 Å². The Labute approximate surface area is 163 Å². The van der Waals surface area contributed by atoms with Crippen LogP contribution in [0.25, 0.3) is 0 Å². The van der Waals surface area contributed by atoms with Crippen molar-refractivity contribution in [2.24, 2.45) is 11.8 Å². The summed E-state index contributed by atoms with van der Waals surface area (Å²) in [6.07, 6.45) is 5.76. The van der Waals surface area contributed by atoms with Crippen molar-refractivity contribution in [3.8, 4) is 0 Å². The fraction of sp³-hybridized carbons (Fsp3) is 0.684. The maximum Gasteiger partial charge on any atom is 0.243 e. The Morgan fingerprint density at radius 2 is 1.41 bits per heavy atom. The average molecular weight is 415 g/mol. The third-order valence-corrected chi connectivity index (χ3v) is 9.35. The molecule has 6 nitrogen and oxygen atoms in total. The van der Waals surface area contributed by atoms with Gasteiger partial charge in [0.1, 0.15) is 0 Å². The quantitative estimate of drug-likeness (QED) is 0.803. The van der Waals surface area contributed by atoms with E-state index in [9.17, 15) is 16.8 Å². The highest BCUT2D eigenvalue weighted by Crippen LogP contribution is 2.27. The van der Waals surface area contributed by atoms with Crippen LogP contribution in [0.15, 0.2) is 34.1 Å². The molecule has 1 N–H and O–H groups in total. The Hall–Kier alpha value is -0.960. The Kier molecular flexibility index (Phi) is 6.30. The predicted octanol–water partition coefficient (Wildman–Crippen LogP) is 2.96. The van der Waals surface area contributed by atoms with Crippen molar-refractivity contribution in [3.63, 3.8) is 0 Å². The summed E-state index contributed by atoms with van der Waals surface area (Å²) in [4.78, 5) is 0.272. The normalized spacial score (nSPS) is 26.1. The molecule has 3 rings (SSSR count). The molecule has 27 heavy (non-hydrogen) atoms. The van der Waals surface area contributed by atoms with Crippen LogP contribution in [-0.4, -0.2) is 40.3 Å². The summed E-state index contributed by atoms with van der Waals surface area (Å²) >= 11 is 0. The fourth-order valence-corrected chi connectivity index (χ4v) is 6.77. The lowest BCUT2D eigenvalue weighted by Gasteiger charge is -2.30. The van der Waals surface area contributed by atoms with E-state index < -0.39 is 20.0 Å². The lowest BCUT2D eigenvalue weighted by molar-refractivity contribution is 0.288. The summed E-state index contributed by atoms with van der Waals surface area (Å²) in [7, 11) is -7.21. The first-order valence-corrected chi connectivity index (χ1v) is 12.7.